The standard InChI is InChI=1S/C46H27NS2/c1-2-10-28(11-3-1)30-20-24-41-38(26-30)39-27-31(21-25-42(39)48-41)29-18-22-32(23-19-29)47-44-36-15-7-5-13-34(36)33-12-4-6-14-35(33)43(44)46-45(47)37-16-8-9-17-40(37)49-46/h1-27H. The van der Waals surface area contributed by atoms with E-state index in [1.165, 1.54) is 101 Å². The molecule has 0 radical (unpaired) electrons. The molecule has 3 heterocycles. The van der Waals surface area contributed by atoms with Crippen LogP contribution in [0.25, 0.3) is 101 Å². The topological polar surface area (TPSA) is 4.93 Å². The van der Waals surface area contributed by atoms with Crippen LogP contribution in [0.5, 0.6) is 0 Å². The van der Waals surface area contributed by atoms with E-state index in [0.717, 1.165) is 0 Å². The van der Waals surface area contributed by atoms with Gasteiger partial charge in [0.25, 0.3) is 0 Å². The lowest BCUT2D eigenvalue weighted by atomic mass is 9.98. The zero-order valence-corrected chi connectivity index (χ0v) is 28.0. The second-order valence-corrected chi connectivity index (χ2v) is 15.0. The number of nitrogens with zero attached hydrogens (tertiary/aromatic N) is 1. The molecule has 0 fully saturated rings. The van der Waals surface area contributed by atoms with E-state index >= 15 is 0 Å². The van der Waals surface area contributed by atoms with Gasteiger partial charge < -0.3 is 4.57 Å². The minimum atomic E-state index is 1.18. The molecule has 0 amide bonds. The van der Waals surface area contributed by atoms with Gasteiger partial charge in [0, 0.05) is 46.7 Å². The third-order valence-electron chi connectivity index (χ3n) is 10.2. The number of benzene rings is 8. The first-order valence-corrected chi connectivity index (χ1v) is 18.3. The van der Waals surface area contributed by atoms with Gasteiger partial charge in [-0.05, 0) is 80.9 Å². The van der Waals surface area contributed by atoms with E-state index < -0.39 is 0 Å². The van der Waals surface area contributed by atoms with Gasteiger partial charge in [-0.25, -0.2) is 0 Å². The molecule has 0 spiro atoms. The van der Waals surface area contributed by atoms with E-state index in [4.69, 9.17) is 0 Å². The lowest BCUT2D eigenvalue weighted by Crippen LogP contribution is -1.95. The average molecular weight is 658 g/mol. The van der Waals surface area contributed by atoms with E-state index in [9.17, 15) is 0 Å². The number of aromatic nitrogens is 1. The Kier molecular flexibility index (Phi) is 5.77. The highest BCUT2D eigenvalue weighted by atomic mass is 32.1. The highest BCUT2D eigenvalue weighted by molar-refractivity contribution is 7.27. The van der Waals surface area contributed by atoms with Gasteiger partial charge in [0.2, 0.25) is 0 Å². The van der Waals surface area contributed by atoms with Crippen molar-refractivity contribution in [3.8, 4) is 27.9 Å². The molecule has 11 rings (SSSR count). The summed E-state index contributed by atoms with van der Waals surface area (Å²) in [7, 11) is 0. The van der Waals surface area contributed by atoms with Gasteiger partial charge in [0.05, 0.1) is 15.7 Å². The Morgan fingerprint density at radius 1 is 0.327 bits per heavy atom. The molecule has 0 bridgehead atoms. The number of thiophene rings is 2. The van der Waals surface area contributed by atoms with Crippen molar-refractivity contribution >= 4 is 95.6 Å². The van der Waals surface area contributed by atoms with E-state index in [2.05, 4.69) is 168 Å². The number of rotatable bonds is 3. The number of hydrogen-bond acceptors (Lipinski definition) is 2. The van der Waals surface area contributed by atoms with Gasteiger partial charge in [0.15, 0.2) is 0 Å². The van der Waals surface area contributed by atoms with Crippen molar-refractivity contribution in [2.75, 3.05) is 0 Å². The summed E-state index contributed by atoms with van der Waals surface area (Å²) in [5.41, 5.74) is 8.74. The van der Waals surface area contributed by atoms with Crippen LogP contribution in [-0.2, 0) is 0 Å². The SMILES string of the molecule is c1ccc(-c2ccc3sc4ccc(-c5ccc(-n6c7c8ccccc8sc7c7c8ccccc8c8ccccc8c76)cc5)cc4c3c2)cc1. The summed E-state index contributed by atoms with van der Waals surface area (Å²) in [6, 6.07) is 60.4. The van der Waals surface area contributed by atoms with Crippen LogP contribution in [0.1, 0.15) is 0 Å². The molecule has 49 heavy (non-hydrogen) atoms. The first-order valence-electron chi connectivity index (χ1n) is 16.7. The third-order valence-corrected chi connectivity index (χ3v) is 12.5. The lowest BCUT2D eigenvalue weighted by molar-refractivity contribution is 1.19. The van der Waals surface area contributed by atoms with Crippen LogP contribution in [0.3, 0.4) is 0 Å². The van der Waals surface area contributed by atoms with Gasteiger partial charge in [-0.3, -0.25) is 0 Å². The largest absolute Gasteiger partial charge is 0.307 e. The Bertz CT molecular complexity index is 3090. The Morgan fingerprint density at radius 2 is 0.837 bits per heavy atom. The number of fused-ring (bicyclic) bond motifs is 13. The molecule has 0 aliphatic rings. The van der Waals surface area contributed by atoms with Crippen LogP contribution in [0.2, 0.25) is 0 Å². The maximum atomic E-state index is 2.53. The fraction of sp³-hybridized carbons (Fsp3) is 0. The molecule has 0 unspecified atom stereocenters. The summed E-state index contributed by atoms with van der Waals surface area (Å²) in [5.74, 6) is 0. The van der Waals surface area contributed by atoms with Crippen LogP contribution >= 0.6 is 22.7 Å². The van der Waals surface area contributed by atoms with Crippen molar-refractivity contribution in [2.45, 2.75) is 0 Å². The van der Waals surface area contributed by atoms with Crippen LogP contribution in [0, 0.1) is 0 Å². The van der Waals surface area contributed by atoms with Crippen molar-refractivity contribution in [1.82, 2.24) is 4.57 Å². The molecule has 11 aromatic rings. The Labute approximate surface area is 290 Å². The molecule has 0 saturated carbocycles. The molecule has 0 atom stereocenters. The van der Waals surface area contributed by atoms with Crippen LogP contribution in [0.4, 0.5) is 0 Å². The summed E-state index contributed by atoms with van der Waals surface area (Å²) in [4.78, 5) is 0. The molecule has 0 N–H and O–H groups in total. The fourth-order valence-electron chi connectivity index (χ4n) is 7.95. The molecule has 0 aliphatic carbocycles. The zero-order valence-electron chi connectivity index (χ0n) is 26.4. The van der Waals surface area contributed by atoms with Gasteiger partial charge >= 0.3 is 0 Å². The summed E-state index contributed by atoms with van der Waals surface area (Å²) in [6.45, 7) is 0. The summed E-state index contributed by atoms with van der Waals surface area (Å²) in [5, 5.41) is 10.5. The van der Waals surface area contributed by atoms with E-state index in [0.29, 0.717) is 0 Å². The maximum Gasteiger partial charge on any atom is 0.0728 e. The fourth-order valence-corrected chi connectivity index (χ4v) is 10.3. The average Bonchev–Trinajstić information content (AvgIpc) is 3.84. The molecule has 8 aromatic carbocycles. The van der Waals surface area contributed by atoms with Gasteiger partial charge in [-0.15, -0.1) is 22.7 Å². The smallest absolute Gasteiger partial charge is 0.0728 e. The van der Waals surface area contributed by atoms with Gasteiger partial charge in [-0.1, -0.05) is 121 Å². The third kappa shape index (κ3) is 3.98. The van der Waals surface area contributed by atoms with E-state index in [1.54, 1.807) is 0 Å². The van der Waals surface area contributed by atoms with Crippen LogP contribution in [-0.4, -0.2) is 4.57 Å². The molecule has 3 heteroatoms. The van der Waals surface area contributed by atoms with E-state index in [-0.39, 0.29) is 0 Å². The highest BCUT2D eigenvalue weighted by Crippen LogP contribution is 2.48. The minimum absolute atomic E-state index is 1.18. The van der Waals surface area contributed by atoms with Crippen molar-refractivity contribution in [3.05, 3.63) is 164 Å². The molecule has 3 aromatic heterocycles. The highest BCUT2D eigenvalue weighted by Gasteiger charge is 2.22. The first kappa shape index (κ1) is 27.2. The van der Waals surface area contributed by atoms with Crippen LogP contribution < -0.4 is 0 Å². The normalized spacial score (nSPS) is 12.1. The monoisotopic (exact) mass is 657 g/mol. The molecule has 0 saturated heterocycles. The summed E-state index contributed by atoms with van der Waals surface area (Å²) >= 11 is 3.79. The molecular weight excluding hydrogens is 631 g/mol. The van der Waals surface area contributed by atoms with Crippen molar-refractivity contribution < 1.29 is 0 Å². The lowest BCUT2D eigenvalue weighted by Gasteiger charge is -2.13. The van der Waals surface area contributed by atoms with E-state index in [1.807, 2.05) is 22.7 Å². The predicted molar refractivity (Wildman–Crippen MR) is 215 cm³/mol. The molecule has 1 nitrogen and oxygen atoms in total. The summed E-state index contributed by atoms with van der Waals surface area (Å²) < 4.78 is 7.86. The van der Waals surface area contributed by atoms with Crippen molar-refractivity contribution in [1.29, 1.82) is 0 Å². The van der Waals surface area contributed by atoms with Crippen molar-refractivity contribution in [3.63, 3.8) is 0 Å². The molecule has 0 aliphatic heterocycles. The Balaban J connectivity index is 1.12. The zero-order chi connectivity index (χ0) is 32.1. The number of hydrogen-bond donors (Lipinski definition) is 0. The molecular formula is C46H27NS2. The second-order valence-electron chi connectivity index (χ2n) is 12.9. The first-order chi connectivity index (χ1) is 24.3. The quantitative estimate of drug-likeness (QED) is 0.167. The summed E-state index contributed by atoms with van der Waals surface area (Å²) in [6.07, 6.45) is 0. The van der Waals surface area contributed by atoms with Crippen molar-refractivity contribution in [2.24, 2.45) is 0 Å². The Morgan fingerprint density at radius 3 is 1.53 bits per heavy atom. The predicted octanol–water partition coefficient (Wildman–Crippen LogP) is 14.0. The maximum absolute atomic E-state index is 2.53. The molecule has 228 valence electrons. The van der Waals surface area contributed by atoms with Gasteiger partial charge in [-0.2, -0.15) is 0 Å². The minimum Gasteiger partial charge on any atom is -0.307 e. The Hall–Kier alpha value is -5.74. The van der Waals surface area contributed by atoms with Crippen LogP contribution in [0.15, 0.2) is 164 Å². The van der Waals surface area contributed by atoms with Gasteiger partial charge in [0.1, 0.15) is 0 Å². The second kappa shape index (κ2) is 10.4.